The maximum atomic E-state index is 13.2. The first-order chi connectivity index (χ1) is 11.3. The summed E-state index contributed by atoms with van der Waals surface area (Å²) in [6, 6.07) is 10.2. The number of aromatic nitrogens is 1. The van der Waals surface area contributed by atoms with Crippen molar-refractivity contribution in [2.45, 2.75) is 32.9 Å². The van der Waals surface area contributed by atoms with E-state index in [-0.39, 0.29) is 5.75 Å². The fraction of sp³-hybridized carbons (Fsp3) is 0.263. The molecule has 0 atom stereocenters. The zero-order valence-corrected chi connectivity index (χ0v) is 13.6. The molecule has 3 rings (SSSR count). The Morgan fingerprint density at radius 1 is 1.17 bits per heavy atom. The number of aryl methyl sites for hydroxylation is 1. The monoisotopic (exact) mass is 332 g/mol. The number of hydrogen-bond acceptors (Lipinski definition) is 1. The number of ether oxygens (including phenoxy) is 1. The smallest absolute Gasteiger partial charge is 0.420 e. The quantitative estimate of drug-likeness (QED) is 0.606. The van der Waals surface area contributed by atoms with Crippen molar-refractivity contribution < 1.29 is 17.9 Å². The van der Waals surface area contributed by atoms with Gasteiger partial charge in [0.2, 0.25) is 0 Å². The second kappa shape index (κ2) is 5.89. The van der Waals surface area contributed by atoms with Crippen LogP contribution in [0.5, 0.6) is 11.5 Å². The van der Waals surface area contributed by atoms with Crippen LogP contribution in [0.2, 0.25) is 0 Å². The number of H-pyrrole nitrogens is 1. The normalized spacial score (nSPS) is 12.1. The van der Waals surface area contributed by atoms with Gasteiger partial charge in [0.05, 0.1) is 5.56 Å². The van der Waals surface area contributed by atoms with Gasteiger partial charge in [-0.15, -0.1) is 0 Å². The predicted molar refractivity (Wildman–Crippen MR) is 87.5 cm³/mol. The van der Waals surface area contributed by atoms with Gasteiger partial charge in [0.25, 0.3) is 0 Å². The summed E-state index contributed by atoms with van der Waals surface area (Å²) in [6.07, 6.45) is -2.57. The molecule has 3 aromatic rings. The zero-order valence-electron chi connectivity index (χ0n) is 13.6. The summed E-state index contributed by atoms with van der Waals surface area (Å²) in [5.41, 5.74) is 1.61. The summed E-state index contributed by atoms with van der Waals surface area (Å²) in [5.74, 6) is 0.499. The molecule has 0 fully saturated rings. The first kappa shape index (κ1) is 16.4. The van der Waals surface area contributed by atoms with E-state index in [4.69, 9.17) is 4.74 Å². The molecule has 0 saturated heterocycles. The third-order valence-corrected chi connectivity index (χ3v) is 3.96. The molecule has 0 aliphatic carbocycles. The van der Waals surface area contributed by atoms with Crippen molar-refractivity contribution in [1.29, 1.82) is 0 Å². The Morgan fingerprint density at radius 2 is 1.92 bits per heavy atom. The van der Waals surface area contributed by atoms with Crippen molar-refractivity contribution in [2.24, 2.45) is 0 Å². The van der Waals surface area contributed by atoms with E-state index in [1.165, 1.54) is 6.07 Å². The van der Waals surface area contributed by atoms with E-state index in [0.29, 0.717) is 17.2 Å². The molecule has 2 aromatic carbocycles. The molecule has 0 aliphatic heterocycles. The number of aromatic amines is 1. The minimum absolute atomic E-state index is 0.178. The highest BCUT2D eigenvalue weighted by atomic mass is 19.4. The van der Waals surface area contributed by atoms with Gasteiger partial charge in [0, 0.05) is 17.1 Å². The van der Waals surface area contributed by atoms with E-state index < -0.39 is 11.7 Å². The molecule has 0 bridgehead atoms. The van der Waals surface area contributed by atoms with Crippen molar-refractivity contribution in [3.63, 3.8) is 0 Å². The van der Waals surface area contributed by atoms with Crippen LogP contribution in [-0.4, -0.2) is 4.98 Å². The third kappa shape index (κ3) is 2.98. The molecule has 1 heterocycles. The molecular formula is C19H17F3NO. The standard InChI is InChI=1S/C19H17F3NO/c1-11(2)15-10-23-17-8-7-13(9-14(15)17)24-18-12(3)5-4-6-16(18)19(20,21)22/h5-11,23H,1-3H3. The predicted octanol–water partition coefficient (Wildman–Crippen LogP) is 6.21. The number of alkyl halides is 3. The lowest BCUT2D eigenvalue weighted by Gasteiger charge is -2.16. The van der Waals surface area contributed by atoms with Gasteiger partial charge in [0.15, 0.2) is 0 Å². The Bertz CT molecular complexity index is 878. The van der Waals surface area contributed by atoms with Crippen LogP contribution < -0.4 is 4.74 Å². The van der Waals surface area contributed by atoms with Gasteiger partial charge in [-0.1, -0.05) is 13.8 Å². The first-order valence-electron chi connectivity index (χ1n) is 7.64. The molecular weight excluding hydrogens is 315 g/mol. The number of halogens is 3. The van der Waals surface area contributed by atoms with Crippen LogP contribution in [0, 0.1) is 13.0 Å². The summed E-state index contributed by atoms with van der Waals surface area (Å²) in [6.45, 7) is 5.71. The minimum Gasteiger partial charge on any atom is -0.456 e. The Balaban J connectivity index is 2.06. The summed E-state index contributed by atoms with van der Waals surface area (Å²) in [4.78, 5) is 3.17. The van der Waals surface area contributed by atoms with Gasteiger partial charge in [-0.25, -0.2) is 0 Å². The molecule has 24 heavy (non-hydrogen) atoms. The maximum Gasteiger partial charge on any atom is 0.420 e. The molecule has 0 spiro atoms. The largest absolute Gasteiger partial charge is 0.456 e. The lowest BCUT2D eigenvalue weighted by atomic mass is 10.0. The van der Waals surface area contributed by atoms with Crippen LogP contribution in [-0.2, 0) is 6.18 Å². The number of rotatable bonds is 3. The van der Waals surface area contributed by atoms with Gasteiger partial charge in [-0.2, -0.15) is 13.2 Å². The van der Waals surface area contributed by atoms with Crippen LogP contribution in [0.25, 0.3) is 10.9 Å². The van der Waals surface area contributed by atoms with E-state index in [0.717, 1.165) is 22.5 Å². The van der Waals surface area contributed by atoms with Gasteiger partial charge in [0.1, 0.15) is 11.5 Å². The van der Waals surface area contributed by atoms with Crippen molar-refractivity contribution >= 4 is 10.9 Å². The van der Waals surface area contributed by atoms with Crippen LogP contribution in [0.3, 0.4) is 0 Å². The van der Waals surface area contributed by atoms with Crippen molar-refractivity contribution in [3.8, 4) is 11.5 Å². The number of benzene rings is 2. The summed E-state index contributed by atoms with van der Waals surface area (Å²) >= 11 is 0. The number of fused-ring (bicyclic) bond motifs is 1. The highest BCUT2D eigenvalue weighted by molar-refractivity contribution is 5.85. The van der Waals surface area contributed by atoms with Gasteiger partial charge in [-0.3, -0.25) is 0 Å². The summed E-state index contributed by atoms with van der Waals surface area (Å²) < 4.78 is 45.2. The van der Waals surface area contributed by atoms with Crippen molar-refractivity contribution in [2.75, 3.05) is 0 Å². The van der Waals surface area contributed by atoms with E-state index in [1.54, 1.807) is 19.1 Å². The highest BCUT2D eigenvalue weighted by Gasteiger charge is 2.35. The van der Waals surface area contributed by atoms with Crippen LogP contribution in [0.4, 0.5) is 13.2 Å². The number of nitrogens with one attached hydrogen (secondary N) is 1. The highest BCUT2D eigenvalue weighted by Crippen LogP contribution is 2.40. The van der Waals surface area contributed by atoms with Crippen LogP contribution >= 0.6 is 0 Å². The molecule has 2 nitrogen and oxygen atoms in total. The maximum absolute atomic E-state index is 13.2. The fourth-order valence-corrected chi connectivity index (χ4v) is 2.72. The van der Waals surface area contributed by atoms with Crippen LogP contribution in [0.1, 0.15) is 36.5 Å². The van der Waals surface area contributed by atoms with E-state index in [9.17, 15) is 13.2 Å². The van der Waals surface area contributed by atoms with E-state index >= 15 is 0 Å². The molecule has 0 amide bonds. The Kier molecular flexibility index (Phi) is 4.03. The molecule has 125 valence electrons. The molecule has 0 saturated carbocycles. The average Bonchev–Trinajstić information content (AvgIpc) is 2.91. The minimum atomic E-state index is -4.49. The molecule has 0 unspecified atom stereocenters. The van der Waals surface area contributed by atoms with Gasteiger partial charge < -0.3 is 9.72 Å². The van der Waals surface area contributed by atoms with Crippen molar-refractivity contribution in [3.05, 3.63) is 59.3 Å². The third-order valence-electron chi connectivity index (χ3n) is 3.96. The van der Waals surface area contributed by atoms with Gasteiger partial charge >= 0.3 is 6.18 Å². The van der Waals surface area contributed by atoms with Crippen LogP contribution in [0.15, 0.2) is 36.5 Å². The Hall–Kier alpha value is -2.43. The number of hydrogen-bond donors (Lipinski definition) is 1. The van der Waals surface area contributed by atoms with Crippen molar-refractivity contribution in [1.82, 2.24) is 4.98 Å². The lowest BCUT2D eigenvalue weighted by Crippen LogP contribution is -2.08. The topological polar surface area (TPSA) is 25.0 Å². The molecule has 1 N–H and O–H groups in total. The second-order valence-corrected chi connectivity index (χ2v) is 6.09. The fourth-order valence-electron chi connectivity index (χ4n) is 2.72. The SMILES string of the molecule is Cc1c[c]cc(C(F)(F)F)c1Oc1ccc2[nH]cc(C(C)C)c2c1. The summed E-state index contributed by atoms with van der Waals surface area (Å²) in [5, 5.41) is 0.955. The molecule has 5 heteroatoms. The lowest BCUT2D eigenvalue weighted by molar-refractivity contribution is -0.138. The summed E-state index contributed by atoms with van der Waals surface area (Å²) in [7, 11) is 0. The van der Waals surface area contributed by atoms with Gasteiger partial charge in [-0.05, 0) is 60.4 Å². The van der Waals surface area contributed by atoms with E-state index in [1.807, 2.05) is 12.3 Å². The zero-order chi connectivity index (χ0) is 17.5. The second-order valence-electron chi connectivity index (χ2n) is 6.09. The molecule has 1 radical (unpaired) electrons. The van der Waals surface area contributed by atoms with E-state index in [2.05, 4.69) is 24.9 Å². The Morgan fingerprint density at radius 3 is 2.58 bits per heavy atom. The first-order valence-corrected chi connectivity index (χ1v) is 7.64. The molecule has 1 aromatic heterocycles. The Labute approximate surface area is 138 Å². The average molecular weight is 332 g/mol. The molecule has 0 aliphatic rings.